The van der Waals surface area contributed by atoms with Crippen molar-refractivity contribution in [1.29, 1.82) is 0 Å². The molecule has 156 valence electrons. The molecule has 1 aromatic rings. The Hall–Kier alpha value is -1.62. The summed E-state index contributed by atoms with van der Waals surface area (Å²) in [5.74, 6) is -1.81. The van der Waals surface area contributed by atoms with Gasteiger partial charge in [0.05, 0.1) is 12.2 Å². The fourth-order valence-electron chi connectivity index (χ4n) is 3.54. The summed E-state index contributed by atoms with van der Waals surface area (Å²) in [6.07, 6.45) is 3.88. The van der Waals surface area contributed by atoms with Gasteiger partial charge in [0.25, 0.3) is 10.2 Å². The van der Waals surface area contributed by atoms with Crippen LogP contribution in [0.15, 0.2) is 18.2 Å². The first-order valence-corrected chi connectivity index (χ1v) is 11.0. The smallest absolute Gasteiger partial charge is 0.282 e. The van der Waals surface area contributed by atoms with E-state index in [1.54, 1.807) is 9.21 Å². The van der Waals surface area contributed by atoms with Gasteiger partial charge in [0.1, 0.15) is 11.6 Å². The first-order valence-electron chi connectivity index (χ1n) is 9.59. The number of halogens is 2. The number of carbonyl (C=O) groups is 1. The lowest BCUT2D eigenvalue weighted by Crippen LogP contribution is -2.54. The van der Waals surface area contributed by atoms with E-state index < -0.39 is 27.8 Å². The molecule has 0 aromatic heterocycles. The van der Waals surface area contributed by atoms with Gasteiger partial charge in [0, 0.05) is 45.3 Å². The highest BCUT2D eigenvalue weighted by Crippen LogP contribution is 2.18. The molecule has 2 saturated heterocycles. The molecule has 0 atom stereocenters. The van der Waals surface area contributed by atoms with Crippen LogP contribution >= 0.6 is 0 Å². The van der Waals surface area contributed by atoms with Gasteiger partial charge in [0.15, 0.2) is 0 Å². The number of nitrogens with zero attached hydrogens (tertiary/aromatic N) is 3. The summed E-state index contributed by atoms with van der Waals surface area (Å²) in [6, 6.07) is 2.87. The molecule has 2 aliphatic rings. The van der Waals surface area contributed by atoms with E-state index in [1.807, 2.05) is 0 Å². The average molecular weight is 416 g/mol. The van der Waals surface area contributed by atoms with Crippen LogP contribution in [0.3, 0.4) is 0 Å². The Kier molecular flexibility index (Phi) is 6.97. The van der Waals surface area contributed by atoms with Crippen molar-refractivity contribution in [3.05, 3.63) is 29.8 Å². The van der Waals surface area contributed by atoms with Crippen LogP contribution in [-0.4, -0.2) is 73.6 Å². The summed E-state index contributed by atoms with van der Waals surface area (Å²) in [7, 11) is -3.47. The maximum absolute atomic E-state index is 13.6. The number of carbonyl (C=O) groups excluding carboxylic acids is 1. The Morgan fingerprint density at radius 1 is 0.929 bits per heavy atom. The standard InChI is InChI=1S/C18H26F2N4O3S/c19-15-5-6-16(20)17(13-15)21-18(25)14-22-9-11-24(12-10-22)28(26,27)23-7-3-1-2-4-8-23/h5-6,13H,1-4,7-12,14H2,(H,21,25). The van der Waals surface area contributed by atoms with Crippen molar-refractivity contribution < 1.29 is 22.0 Å². The molecule has 10 heteroatoms. The van der Waals surface area contributed by atoms with Crippen LogP contribution < -0.4 is 5.32 Å². The van der Waals surface area contributed by atoms with Gasteiger partial charge >= 0.3 is 0 Å². The highest BCUT2D eigenvalue weighted by atomic mass is 32.2. The third-order valence-corrected chi connectivity index (χ3v) is 7.15. The molecule has 2 aliphatic heterocycles. The summed E-state index contributed by atoms with van der Waals surface area (Å²) in [5.41, 5.74) is -0.202. The summed E-state index contributed by atoms with van der Waals surface area (Å²) in [4.78, 5) is 13.9. The molecule has 3 rings (SSSR count). The molecular formula is C18H26F2N4O3S. The Bertz CT molecular complexity index is 790. The van der Waals surface area contributed by atoms with Crippen LogP contribution in [0.2, 0.25) is 0 Å². The van der Waals surface area contributed by atoms with E-state index in [2.05, 4.69) is 5.32 Å². The number of hydrogen-bond donors (Lipinski definition) is 1. The molecule has 1 amide bonds. The predicted octanol–water partition coefficient (Wildman–Crippen LogP) is 1.64. The zero-order chi connectivity index (χ0) is 20.1. The Balaban J connectivity index is 1.50. The van der Waals surface area contributed by atoms with E-state index in [9.17, 15) is 22.0 Å². The summed E-state index contributed by atoms with van der Waals surface area (Å²) in [6.45, 7) is 2.54. The monoisotopic (exact) mass is 416 g/mol. The zero-order valence-corrected chi connectivity index (χ0v) is 16.6. The van der Waals surface area contributed by atoms with Crippen LogP contribution in [0, 0.1) is 11.6 Å². The third-order valence-electron chi connectivity index (χ3n) is 5.12. The van der Waals surface area contributed by atoms with Crippen LogP contribution in [0.1, 0.15) is 25.7 Å². The quantitative estimate of drug-likeness (QED) is 0.792. The molecule has 0 radical (unpaired) electrons. The molecule has 0 saturated carbocycles. The number of amides is 1. The lowest BCUT2D eigenvalue weighted by molar-refractivity contribution is -0.117. The van der Waals surface area contributed by atoms with E-state index in [1.165, 1.54) is 4.31 Å². The molecule has 0 spiro atoms. The van der Waals surface area contributed by atoms with Gasteiger partial charge in [0.2, 0.25) is 5.91 Å². The van der Waals surface area contributed by atoms with E-state index in [0.29, 0.717) is 39.3 Å². The van der Waals surface area contributed by atoms with Gasteiger partial charge in [-0.15, -0.1) is 0 Å². The van der Waals surface area contributed by atoms with E-state index in [0.717, 1.165) is 43.9 Å². The molecule has 0 bridgehead atoms. The summed E-state index contributed by atoms with van der Waals surface area (Å²) >= 11 is 0. The summed E-state index contributed by atoms with van der Waals surface area (Å²) < 4.78 is 55.5. The molecule has 0 unspecified atom stereocenters. The van der Waals surface area contributed by atoms with Crippen molar-refractivity contribution in [1.82, 2.24) is 13.5 Å². The van der Waals surface area contributed by atoms with E-state index in [4.69, 9.17) is 0 Å². The minimum Gasteiger partial charge on any atom is -0.322 e. The van der Waals surface area contributed by atoms with Crippen LogP contribution in [0.4, 0.5) is 14.5 Å². The minimum absolute atomic E-state index is 0.00639. The lowest BCUT2D eigenvalue weighted by Gasteiger charge is -2.36. The second kappa shape index (κ2) is 9.25. The molecule has 2 heterocycles. The normalized spacial score (nSPS) is 20.6. The molecule has 1 N–H and O–H groups in total. The highest BCUT2D eigenvalue weighted by molar-refractivity contribution is 7.86. The number of rotatable bonds is 5. The first-order chi connectivity index (χ1) is 13.4. The molecule has 1 aromatic carbocycles. The second-order valence-electron chi connectivity index (χ2n) is 7.17. The first kappa shape index (κ1) is 21.1. The lowest BCUT2D eigenvalue weighted by atomic mass is 10.2. The highest BCUT2D eigenvalue weighted by Gasteiger charge is 2.32. The molecular weight excluding hydrogens is 390 g/mol. The number of anilines is 1. The largest absolute Gasteiger partial charge is 0.322 e. The SMILES string of the molecule is O=C(CN1CCN(S(=O)(=O)N2CCCCCC2)CC1)Nc1cc(F)ccc1F. The predicted molar refractivity (Wildman–Crippen MR) is 102 cm³/mol. The topological polar surface area (TPSA) is 73.0 Å². The molecule has 7 nitrogen and oxygen atoms in total. The molecule has 2 fully saturated rings. The van der Waals surface area contributed by atoms with Crippen molar-refractivity contribution in [2.45, 2.75) is 25.7 Å². The van der Waals surface area contributed by atoms with Gasteiger partial charge in [-0.2, -0.15) is 17.0 Å². The minimum atomic E-state index is -3.47. The van der Waals surface area contributed by atoms with E-state index in [-0.39, 0.29) is 12.2 Å². The van der Waals surface area contributed by atoms with Gasteiger partial charge in [-0.05, 0) is 25.0 Å². The molecule has 28 heavy (non-hydrogen) atoms. The van der Waals surface area contributed by atoms with Crippen molar-refractivity contribution in [2.75, 3.05) is 51.1 Å². The van der Waals surface area contributed by atoms with Crippen molar-refractivity contribution in [3.8, 4) is 0 Å². The van der Waals surface area contributed by atoms with Gasteiger partial charge < -0.3 is 5.32 Å². The van der Waals surface area contributed by atoms with Crippen LogP contribution in [-0.2, 0) is 15.0 Å². The number of benzene rings is 1. The van der Waals surface area contributed by atoms with Crippen LogP contribution in [0.5, 0.6) is 0 Å². The third kappa shape index (κ3) is 5.25. The Morgan fingerprint density at radius 2 is 1.54 bits per heavy atom. The summed E-state index contributed by atoms with van der Waals surface area (Å²) in [5, 5.41) is 2.36. The zero-order valence-electron chi connectivity index (χ0n) is 15.7. The van der Waals surface area contributed by atoms with Crippen LogP contribution in [0.25, 0.3) is 0 Å². The van der Waals surface area contributed by atoms with Crippen molar-refractivity contribution in [2.24, 2.45) is 0 Å². The molecule has 0 aliphatic carbocycles. The number of piperazine rings is 1. The van der Waals surface area contributed by atoms with Gasteiger partial charge in [-0.25, -0.2) is 8.78 Å². The number of hydrogen-bond acceptors (Lipinski definition) is 4. The fraction of sp³-hybridized carbons (Fsp3) is 0.611. The maximum Gasteiger partial charge on any atom is 0.282 e. The van der Waals surface area contributed by atoms with Crippen molar-refractivity contribution >= 4 is 21.8 Å². The van der Waals surface area contributed by atoms with Gasteiger partial charge in [-0.1, -0.05) is 12.8 Å². The van der Waals surface area contributed by atoms with Crippen molar-refractivity contribution in [3.63, 3.8) is 0 Å². The average Bonchev–Trinajstić information content (AvgIpc) is 2.95. The maximum atomic E-state index is 13.6. The second-order valence-corrected chi connectivity index (χ2v) is 9.10. The fourth-order valence-corrected chi connectivity index (χ4v) is 5.21. The van der Waals surface area contributed by atoms with Gasteiger partial charge in [-0.3, -0.25) is 9.69 Å². The van der Waals surface area contributed by atoms with E-state index >= 15 is 0 Å². The Labute approximate surface area is 164 Å². The number of nitrogens with one attached hydrogen (secondary N) is 1. The Morgan fingerprint density at radius 3 is 2.18 bits per heavy atom.